The number of aromatic nitrogens is 3. The highest BCUT2D eigenvalue weighted by Crippen LogP contribution is 2.16. The van der Waals surface area contributed by atoms with E-state index in [1.807, 2.05) is 19.2 Å². The predicted molar refractivity (Wildman–Crippen MR) is 82.8 cm³/mol. The molecule has 0 amide bonds. The second kappa shape index (κ2) is 5.95. The summed E-state index contributed by atoms with van der Waals surface area (Å²) in [7, 11) is 1.82. The molecule has 2 aromatic heterocycles. The van der Waals surface area contributed by atoms with Crippen LogP contribution >= 0.6 is 0 Å². The summed E-state index contributed by atoms with van der Waals surface area (Å²) < 4.78 is 1.47. The molecule has 6 heteroatoms. The standard InChI is InChI=1S/C15H19N5O/c1-16-14-5-4-12(9-17-14)11-20-15(21)8-13(10-18-20)19-6-2-3-7-19/h4-5,8-10H,2-3,6-7,11H2,1H3,(H,16,17). The maximum absolute atomic E-state index is 12.2. The Kier molecular flexibility index (Phi) is 3.85. The van der Waals surface area contributed by atoms with Gasteiger partial charge in [0.15, 0.2) is 0 Å². The lowest BCUT2D eigenvalue weighted by Gasteiger charge is -2.17. The third-order valence-electron chi connectivity index (χ3n) is 3.74. The Morgan fingerprint density at radius 2 is 2.05 bits per heavy atom. The summed E-state index contributed by atoms with van der Waals surface area (Å²) in [4.78, 5) is 18.6. The average Bonchev–Trinajstić information content (AvgIpc) is 3.04. The smallest absolute Gasteiger partial charge is 0.269 e. The molecular formula is C15H19N5O. The van der Waals surface area contributed by atoms with Gasteiger partial charge in [0.1, 0.15) is 5.82 Å². The zero-order chi connectivity index (χ0) is 14.7. The molecule has 1 fully saturated rings. The molecule has 0 saturated carbocycles. The van der Waals surface area contributed by atoms with Crippen LogP contribution in [0.25, 0.3) is 0 Å². The van der Waals surface area contributed by atoms with Crippen LogP contribution < -0.4 is 15.8 Å². The van der Waals surface area contributed by atoms with E-state index in [2.05, 4.69) is 20.3 Å². The normalized spacial score (nSPS) is 14.4. The van der Waals surface area contributed by atoms with Crippen molar-refractivity contribution in [3.63, 3.8) is 0 Å². The fraction of sp³-hybridized carbons (Fsp3) is 0.400. The van der Waals surface area contributed by atoms with Gasteiger partial charge >= 0.3 is 0 Å². The average molecular weight is 285 g/mol. The molecule has 3 heterocycles. The predicted octanol–water partition coefficient (Wildman–Crippen LogP) is 1.33. The highest BCUT2D eigenvalue weighted by atomic mass is 16.1. The van der Waals surface area contributed by atoms with Crippen molar-refractivity contribution >= 4 is 11.5 Å². The maximum Gasteiger partial charge on any atom is 0.269 e. The van der Waals surface area contributed by atoms with Crippen molar-refractivity contribution in [3.8, 4) is 0 Å². The topological polar surface area (TPSA) is 63.1 Å². The molecule has 0 radical (unpaired) electrons. The van der Waals surface area contributed by atoms with E-state index in [1.165, 1.54) is 17.5 Å². The summed E-state index contributed by atoms with van der Waals surface area (Å²) in [5.41, 5.74) is 1.81. The Bertz CT molecular complexity index is 659. The Hall–Kier alpha value is -2.37. The molecule has 1 aliphatic rings. The van der Waals surface area contributed by atoms with Crippen molar-refractivity contribution < 1.29 is 0 Å². The Labute approximate surface area is 123 Å². The van der Waals surface area contributed by atoms with Gasteiger partial charge in [-0.05, 0) is 24.5 Å². The molecule has 0 bridgehead atoms. The van der Waals surface area contributed by atoms with Gasteiger partial charge in [-0.25, -0.2) is 9.67 Å². The number of rotatable bonds is 4. The second-order valence-corrected chi connectivity index (χ2v) is 5.21. The number of hydrogen-bond acceptors (Lipinski definition) is 5. The van der Waals surface area contributed by atoms with Gasteiger partial charge in [-0.1, -0.05) is 6.07 Å². The Morgan fingerprint density at radius 1 is 1.24 bits per heavy atom. The lowest BCUT2D eigenvalue weighted by atomic mass is 10.3. The van der Waals surface area contributed by atoms with Gasteiger partial charge in [0, 0.05) is 32.4 Å². The van der Waals surface area contributed by atoms with E-state index in [4.69, 9.17) is 0 Å². The van der Waals surface area contributed by atoms with E-state index in [9.17, 15) is 4.79 Å². The molecule has 0 atom stereocenters. The molecule has 1 N–H and O–H groups in total. The summed E-state index contributed by atoms with van der Waals surface area (Å²) in [6.45, 7) is 2.47. The fourth-order valence-corrected chi connectivity index (χ4v) is 2.53. The summed E-state index contributed by atoms with van der Waals surface area (Å²) >= 11 is 0. The summed E-state index contributed by atoms with van der Waals surface area (Å²) in [6.07, 6.45) is 5.91. The van der Waals surface area contributed by atoms with Gasteiger partial charge in [-0.15, -0.1) is 0 Å². The molecular weight excluding hydrogens is 266 g/mol. The van der Waals surface area contributed by atoms with Crippen LogP contribution in [-0.2, 0) is 6.54 Å². The molecule has 6 nitrogen and oxygen atoms in total. The Balaban J connectivity index is 1.77. The summed E-state index contributed by atoms with van der Waals surface area (Å²) in [5, 5.41) is 7.25. The van der Waals surface area contributed by atoms with E-state index in [1.54, 1.807) is 18.5 Å². The van der Waals surface area contributed by atoms with Crippen LogP contribution in [0, 0.1) is 0 Å². The first-order valence-electron chi connectivity index (χ1n) is 7.21. The molecule has 0 unspecified atom stereocenters. The molecule has 1 aliphatic heterocycles. The van der Waals surface area contributed by atoms with Gasteiger partial charge in [-0.2, -0.15) is 5.10 Å². The zero-order valence-corrected chi connectivity index (χ0v) is 12.1. The van der Waals surface area contributed by atoms with Crippen molar-refractivity contribution in [3.05, 3.63) is 46.5 Å². The van der Waals surface area contributed by atoms with Crippen LogP contribution in [0.15, 0.2) is 35.4 Å². The highest BCUT2D eigenvalue weighted by Gasteiger charge is 2.13. The molecule has 0 spiro atoms. The van der Waals surface area contributed by atoms with Crippen LogP contribution in [0.1, 0.15) is 18.4 Å². The van der Waals surface area contributed by atoms with E-state index in [0.717, 1.165) is 30.2 Å². The van der Waals surface area contributed by atoms with Gasteiger partial charge in [0.2, 0.25) is 0 Å². The third kappa shape index (κ3) is 3.04. The van der Waals surface area contributed by atoms with E-state index in [-0.39, 0.29) is 5.56 Å². The van der Waals surface area contributed by atoms with Crippen LogP contribution in [-0.4, -0.2) is 34.9 Å². The molecule has 0 aliphatic carbocycles. The SMILES string of the molecule is CNc1ccc(Cn2ncc(N3CCCC3)cc2=O)cn1. The third-order valence-corrected chi connectivity index (χ3v) is 3.74. The lowest BCUT2D eigenvalue weighted by molar-refractivity contribution is 0.636. The first kappa shape index (κ1) is 13.6. The minimum Gasteiger partial charge on any atom is -0.373 e. The largest absolute Gasteiger partial charge is 0.373 e. The molecule has 3 rings (SSSR count). The lowest BCUT2D eigenvalue weighted by Crippen LogP contribution is -2.26. The van der Waals surface area contributed by atoms with Crippen LogP contribution in [0.5, 0.6) is 0 Å². The van der Waals surface area contributed by atoms with Gasteiger partial charge in [0.05, 0.1) is 18.4 Å². The van der Waals surface area contributed by atoms with Crippen molar-refractivity contribution in [1.82, 2.24) is 14.8 Å². The minimum atomic E-state index is -0.0721. The van der Waals surface area contributed by atoms with Crippen molar-refractivity contribution in [2.24, 2.45) is 0 Å². The number of nitrogens with one attached hydrogen (secondary N) is 1. The van der Waals surface area contributed by atoms with E-state index < -0.39 is 0 Å². The van der Waals surface area contributed by atoms with Gasteiger partial charge in [-0.3, -0.25) is 4.79 Å². The molecule has 110 valence electrons. The number of nitrogens with zero attached hydrogens (tertiary/aromatic N) is 4. The number of hydrogen-bond donors (Lipinski definition) is 1. The quantitative estimate of drug-likeness (QED) is 0.918. The molecule has 0 aromatic carbocycles. The summed E-state index contributed by atoms with van der Waals surface area (Å²) in [5.74, 6) is 0.809. The van der Waals surface area contributed by atoms with Crippen molar-refractivity contribution in [1.29, 1.82) is 0 Å². The molecule has 21 heavy (non-hydrogen) atoms. The molecule has 2 aromatic rings. The number of anilines is 2. The van der Waals surface area contributed by atoms with E-state index >= 15 is 0 Å². The summed E-state index contributed by atoms with van der Waals surface area (Å²) in [6, 6.07) is 5.51. The fourth-order valence-electron chi connectivity index (χ4n) is 2.53. The van der Waals surface area contributed by atoms with Crippen LogP contribution in [0.4, 0.5) is 11.5 Å². The highest BCUT2D eigenvalue weighted by molar-refractivity contribution is 5.43. The first-order chi connectivity index (χ1) is 10.3. The van der Waals surface area contributed by atoms with Crippen molar-refractivity contribution in [2.75, 3.05) is 30.4 Å². The van der Waals surface area contributed by atoms with Crippen LogP contribution in [0.2, 0.25) is 0 Å². The van der Waals surface area contributed by atoms with E-state index in [0.29, 0.717) is 6.54 Å². The van der Waals surface area contributed by atoms with Gasteiger partial charge < -0.3 is 10.2 Å². The number of pyridine rings is 1. The second-order valence-electron chi connectivity index (χ2n) is 5.21. The maximum atomic E-state index is 12.2. The first-order valence-corrected chi connectivity index (χ1v) is 7.21. The monoisotopic (exact) mass is 285 g/mol. The Morgan fingerprint density at radius 3 is 2.67 bits per heavy atom. The van der Waals surface area contributed by atoms with Gasteiger partial charge in [0.25, 0.3) is 5.56 Å². The van der Waals surface area contributed by atoms with Crippen molar-refractivity contribution in [2.45, 2.75) is 19.4 Å². The van der Waals surface area contributed by atoms with Crippen LogP contribution in [0.3, 0.4) is 0 Å². The minimum absolute atomic E-state index is 0.0721. The molecule has 1 saturated heterocycles. The zero-order valence-electron chi connectivity index (χ0n) is 12.1.